The number of hydrogen-bond donors (Lipinski definition) is 2. The Bertz CT molecular complexity index is 622. The molecule has 1 atom stereocenters. The molecule has 1 aliphatic carbocycles. The molecule has 2 N–H and O–H groups in total. The van der Waals surface area contributed by atoms with Gasteiger partial charge < -0.3 is 10.1 Å². The van der Waals surface area contributed by atoms with Crippen molar-refractivity contribution in [2.24, 2.45) is 0 Å². The number of aromatic nitrogens is 2. The second-order valence-corrected chi connectivity index (χ2v) is 5.27. The summed E-state index contributed by atoms with van der Waals surface area (Å²) in [5.41, 5.74) is 3.87. The van der Waals surface area contributed by atoms with Gasteiger partial charge in [-0.25, -0.2) is 9.78 Å². The summed E-state index contributed by atoms with van der Waals surface area (Å²) in [6.45, 7) is 0.810. The zero-order valence-electron chi connectivity index (χ0n) is 11.3. The summed E-state index contributed by atoms with van der Waals surface area (Å²) < 4.78 is 0. The molecule has 1 aliphatic rings. The molecule has 5 heteroatoms. The van der Waals surface area contributed by atoms with Gasteiger partial charge >= 0.3 is 5.97 Å². The molecule has 2 aromatic rings. The first-order valence-corrected chi connectivity index (χ1v) is 6.69. The van der Waals surface area contributed by atoms with Crippen molar-refractivity contribution in [3.63, 3.8) is 0 Å². The van der Waals surface area contributed by atoms with Gasteiger partial charge in [0.25, 0.3) is 0 Å². The van der Waals surface area contributed by atoms with Crippen molar-refractivity contribution in [3.05, 3.63) is 53.1 Å². The summed E-state index contributed by atoms with van der Waals surface area (Å²) in [4.78, 5) is 20.4. The Kier molecular flexibility index (Phi) is 3.28. The molecule has 104 valence electrons. The van der Waals surface area contributed by atoms with Gasteiger partial charge in [0.05, 0.1) is 11.9 Å². The molecule has 0 fully saturated rings. The Morgan fingerprint density at radius 3 is 3.10 bits per heavy atom. The Morgan fingerprint density at radius 1 is 1.55 bits per heavy atom. The number of imidazole rings is 1. The minimum atomic E-state index is -0.859. The van der Waals surface area contributed by atoms with Crippen LogP contribution in [0.25, 0.3) is 0 Å². The van der Waals surface area contributed by atoms with Crippen molar-refractivity contribution in [1.82, 2.24) is 14.9 Å². The number of nitrogens with one attached hydrogen (secondary N) is 1. The van der Waals surface area contributed by atoms with Crippen LogP contribution in [0.4, 0.5) is 0 Å². The highest BCUT2D eigenvalue weighted by atomic mass is 16.4. The van der Waals surface area contributed by atoms with Crippen molar-refractivity contribution in [1.29, 1.82) is 0 Å². The molecule has 5 nitrogen and oxygen atoms in total. The lowest BCUT2D eigenvalue weighted by atomic mass is 10.0. The van der Waals surface area contributed by atoms with E-state index in [1.165, 1.54) is 5.56 Å². The van der Waals surface area contributed by atoms with Crippen LogP contribution < -0.4 is 0 Å². The second kappa shape index (κ2) is 5.09. The molecule has 0 saturated heterocycles. The number of carbonyl (C=O) groups is 1. The van der Waals surface area contributed by atoms with Crippen LogP contribution in [0.15, 0.2) is 30.7 Å². The first-order valence-electron chi connectivity index (χ1n) is 6.69. The van der Waals surface area contributed by atoms with E-state index in [2.05, 4.69) is 21.9 Å². The summed E-state index contributed by atoms with van der Waals surface area (Å²) in [6, 6.07) is 5.81. The quantitative estimate of drug-likeness (QED) is 0.894. The number of aryl methyl sites for hydroxylation is 1. The topological polar surface area (TPSA) is 69.2 Å². The predicted octanol–water partition coefficient (Wildman–Crippen LogP) is 2.23. The minimum absolute atomic E-state index is 0.344. The van der Waals surface area contributed by atoms with E-state index in [1.807, 2.05) is 18.3 Å². The lowest BCUT2D eigenvalue weighted by Gasteiger charge is -2.24. The van der Waals surface area contributed by atoms with E-state index in [9.17, 15) is 4.79 Å². The van der Waals surface area contributed by atoms with Crippen molar-refractivity contribution in [2.75, 3.05) is 7.05 Å². The molecular weight excluding hydrogens is 254 g/mol. The normalized spacial score (nSPS) is 17.4. The highest BCUT2D eigenvalue weighted by Crippen LogP contribution is 2.36. The number of fused-ring (bicyclic) bond motifs is 1. The number of carboxylic acid groups (broad SMARTS) is 1. The highest BCUT2D eigenvalue weighted by Gasteiger charge is 2.26. The van der Waals surface area contributed by atoms with Crippen LogP contribution in [-0.2, 0) is 13.0 Å². The van der Waals surface area contributed by atoms with Gasteiger partial charge in [0, 0.05) is 24.5 Å². The molecule has 0 spiro atoms. The highest BCUT2D eigenvalue weighted by molar-refractivity contribution is 5.88. The molecule has 1 heterocycles. The number of nitrogens with zero attached hydrogens (tertiary/aromatic N) is 2. The van der Waals surface area contributed by atoms with Gasteiger partial charge in [0.15, 0.2) is 0 Å². The molecule has 3 rings (SSSR count). The van der Waals surface area contributed by atoms with E-state index >= 15 is 0 Å². The number of H-pyrrole nitrogens is 1. The summed E-state index contributed by atoms with van der Waals surface area (Å²) in [5.74, 6) is -0.859. The smallest absolute Gasteiger partial charge is 0.335 e. The molecule has 0 unspecified atom stereocenters. The average molecular weight is 271 g/mol. The fourth-order valence-electron chi connectivity index (χ4n) is 2.94. The third-order valence-corrected chi connectivity index (χ3v) is 3.94. The average Bonchev–Trinajstić information content (AvgIpc) is 3.06. The maximum absolute atomic E-state index is 11.0. The molecule has 0 bridgehead atoms. The van der Waals surface area contributed by atoms with Crippen LogP contribution >= 0.6 is 0 Å². The van der Waals surface area contributed by atoms with Crippen LogP contribution in [-0.4, -0.2) is 33.0 Å². The zero-order chi connectivity index (χ0) is 14.1. The van der Waals surface area contributed by atoms with Crippen molar-refractivity contribution in [2.45, 2.75) is 25.4 Å². The van der Waals surface area contributed by atoms with Crippen LogP contribution in [0.2, 0.25) is 0 Å². The summed E-state index contributed by atoms with van der Waals surface area (Å²) in [5, 5.41) is 9.04. The number of hydrogen-bond acceptors (Lipinski definition) is 3. The first-order chi connectivity index (χ1) is 9.65. The lowest BCUT2D eigenvalue weighted by molar-refractivity contribution is 0.0697. The van der Waals surface area contributed by atoms with Gasteiger partial charge in [-0.1, -0.05) is 6.07 Å². The van der Waals surface area contributed by atoms with Crippen LogP contribution in [0, 0.1) is 0 Å². The molecule has 1 aromatic heterocycles. The summed E-state index contributed by atoms with van der Waals surface area (Å²) in [6.07, 6.45) is 5.49. The molecular formula is C15H17N3O2. The minimum Gasteiger partial charge on any atom is -0.478 e. The monoisotopic (exact) mass is 271 g/mol. The number of aromatic amines is 1. The molecule has 0 radical (unpaired) electrons. The number of aromatic carboxylic acids is 1. The summed E-state index contributed by atoms with van der Waals surface area (Å²) in [7, 11) is 2.09. The van der Waals surface area contributed by atoms with Crippen LogP contribution in [0.5, 0.6) is 0 Å². The SMILES string of the molecule is CN(Cc1cnc[nH]1)[C@H]1CCc2cc(C(=O)O)ccc21. The molecule has 0 saturated carbocycles. The van der Waals surface area contributed by atoms with E-state index in [0.29, 0.717) is 11.6 Å². The Hall–Kier alpha value is -2.14. The van der Waals surface area contributed by atoms with E-state index in [0.717, 1.165) is 30.6 Å². The Morgan fingerprint density at radius 2 is 2.40 bits per heavy atom. The van der Waals surface area contributed by atoms with Crippen molar-refractivity contribution < 1.29 is 9.90 Å². The maximum Gasteiger partial charge on any atom is 0.335 e. The Labute approximate surface area is 117 Å². The van der Waals surface area contributed by atoms with Crippen LogP contribution in [0.1, 0.15) is 39.6 Å². The lowest BCUT2D eigenvalue weighted by Crippen LogP contribution is -2.22. The van der Waals surface area contributed by atoms with Crippen LogP contribution in [0.3, 0.4) is 0 Å². The van der Waals surface area contributed by atoms with Gasteiger partial charge in [-0.2, -0.15) is 0 Å². The number of benzene rings is 1. The van der Waals surface area contributed by atoms with Gasteiger partial charge in [-0.05, 0) is 43.1 Å². The third kappa shape index (κ3) is 2.32. The largest absolute Gasteiger partial charge is 0.478 e. The predicted molar refractivity (Wildman–Crippen MR) is 74.5 cm³/mol. The van der Waals surface area contributed by atoms with Gasteiger partial charge in [0.1, 0.15) is 0 Å². The standard InChI is InChI=1S/C15H17N3O2/c1-18(8-12-7-16-9-17-12)14-5-3-10-6-11(15(19)20)2-4-13(10)14/h2,4,6-7,9,14H,3,5,8H2,1H3,(H,16,17)(H,19,20)/t14-/m0/s1. The molecule has 0 amide bonds. The fourth-order valence-corrected chi connectivity index (χ4v) is 2.94. The van der Waals surface area contributed by atoms with Gasteiger partial charge in [-0.15, -0.1) is 0 Å². The first kappa shape index (κ1) is 12.9. The van der Waals surface area contributed by atoms with Crippen molar-refractivity contribution in [3.8, 4) is 0 Å². The summed E-state index contributed by atoms with van der Waals surface area (Å²) >= 11 is 0. The van der Waals surface area contributed by atoms with E-state index in [-0.39, 0.29) is 0 Å². The maximum atomic E-state index is 11.0. The molecule has 20 heavy (non-hydrogen) atoms. The zero-order valence-corrected chi connectivity index (χ0v) is 11.3. The van der Waals surface area contributed by atoms with Crippen molar-refractivity contribution >= 4 is 5.97 Å². The fraction of sp³-hybridized carbons (Fsp3) is 0.333. The second-order valence-electron chi connectivity index (χ2n) is 5.27. The number of rotatable bonds is 4. The third-order valence-electron chi connectivity index (χ3n) is 3.94. The number of carboxylic acids is 1. The van der Waals surface area contributed by atoms with E-state index in [4.69, 9.17) is 5.11 Å². The Balaban J connectivity index is 1.80. The molecule has 1 aromatic carbocycles. The van der Waals surface area contributed by atoms with Gasteiger partial charge in [-0.3, -0.25) is 4.90 Å². The molecule has 0 aliphatic heterocycles. The van der Waals surface area contributed by atoms with E-state index < -0.39 is 5.97 Å². The van der Waals surface area contributed by atoms with E-state index in [1.54, 1.807) is 12.4 Å². The van der Waals surface area contributed by atoms with Gasteiger partial charge in [0.2, 0.25) is 0 Å².